The van der Waals surface area contributed by atoms with Crippen molar-refractivity contribution in [3.8, 4) is 11.1 Å². The predicted molar refractivity (Wildman–Crippen MR) is 108 cm³/mol. The summed E-state index contributed by atoms with van der Waals surface area (Å²) >= 11 is 0. The van der Waals surface area contributed by atoms with Crippen LogP contribution in [-0.4, -0.2) is 8.97 Å². The van der Waals surface area contributed by atoms with Gasteiger partial charge in [0.1, 0.15) is 0 Å². The van der Waals surface area contributed by atoms with E-state index >= 15 is 0 Å². The van der Waals surface area contributed by atoms with Gasteiger partial charge in [0.05, 0.1) is 22.1 Å². The predicted octanol–water partition coefficient (Wildman–Crippen LogP) is 5.63. The second kappa shape index (κ2) is 5.98. The Bertz CT molecular complexity index is 1460. The highest BCUT2D eigenvalue weighted by atomic mass is 19.4. The highest BCUT2D eigenvalue weighted by Gasteiger charge is 2.30. The highest BCUT2D eigenvalue weighted by molar-refractivity contribution is 6.13. The molecule has 3 nitrogen and oxygen atoms in total. The third-order valence-corrected chi connectivity index (χ3v) is 5.37. The lowest BCUT2D eigenvalue weighted by molar-refractivity contribution is -0.137. The molecule has 0 aliphatic heterocycles. The van der Waals surface area contributed by atoms with E-state index in [1.165, 1.54) is 12.1 Å². The van der Waals surface area contributed by atoms with Crippen LogP contribution in [-0.2, 0) is 13.2 Å². The fraction of sp³-hybridized carbons (Fsp3) is 0.0870. The molecule has 0 fully saturated rings. The first-order chi connectivity index (χ1) is 13.9. The van der Waals surface area contributed by atoms with E-state index in [4.69, 9.17) is 0 Å². The van der Waals surface area contributed by atoms with Gasteiger partial charge in [-0.2, -0.15) is 13.2 Å². The molecule has 2 aromatic heterocycles. The van der Waals surface area contributed by atoms with Crippen LogP contribution < -0.4 is 5.69 Å². The molecule has 5 rings (SSSR count). The van der Waals surface area contributed by atoms with Crippen molar-refractivity contribution in [3.05, 3.63) is 88.8 Å². The van der Waals surface area contributed by atoms with Gasteiger partial charge in [-0.15, -0.1) is 0 Å². The molecule has 0 saturated carbocycles. The summed E-state index contributed by atoms with van der Waals surface area (Å²) in [6.45, 7) is 0. The maximum atomic E-state index is 13.2. The normalized spacial score (nSPS) is 12.3. The zero-order valence-corrected chi connectivity index (χ0v) is 15.4. The van der Waals surface area contributed by atoms with Crippen molar-refractivity contribution in [1.29, 1.82) is 0 Å². The summed E-state index contributed by atoms with van der Waals surface area (Å²) in [4.78, 5) is 13.2. The number of para-hydroxylation sites is 2. The van der Waals surface area contributed by atoms with Gasteiger partial charge in [-0.05, 0) is 29.8 Å². The zero-order valence-electron chi connectivity index (χ0n) is 15.4. The van der Waals surface area contributed by atoms with Crippen LogP contribution in [0.1, 0.15) is 5.56 Å². The Morgan fingerprint density at radius 2 is 1.34 bits per heavy atom. The van der Waals surface area contributed by atoms with Gasteiger partial charge in [0.25, 0.3) is 0 Å². The van der Waals surface area contributed by atoms with Crippen molar-refractivity contribution < 1.29 is 13.2 Å². The standard InChI is InChI=1S/C23H15F3N2O/c1-27-18-8-4-3-7-17(18)21-20(14-10-12-15(13-11-14)23(24,25)26)16-6-2-5-9-19(16)28(21)22(27)29/h2-13H,1H3. The smallest absolute Gasteiger partial charge is 0.296 e. The lowest BCUT2D eigenvalue weighted by atomic mass is 10.00. The first-order valence-corrected chi connectivity index (χ1v) is 9.06. The summed E-state index contributed by atoms with van der Waals surface area (Å²) in [5.41, 5.74) is 2.68. The third kappa shape index (κ3) is 2.49. The van der Waals surface area contributed by atoms with Gasteiger partial charge in [0.2, 0.25) is 0 Å². The highest BCUT2D eigenvalue weighted by Crippen LogP contribution is 2.39. The van der Waals surface area contributed by atoms with Crippen molar-refractivity contribution >= 4 is 27.3 Å². The number of aryl methyl sites for hydroxylation is 1. The van der Waals surface area contributed by atoms with Gasteiger partial charge in [-0.25, -0.2) is 4.79 Å². The SMILES string of the molecule is Cn1c(=O)n2c3ccccc3c(-c3ccc(C(F)(F)F)cc3)c2c2ccccc21. The second-order valence-electron chi connectivity index (χ2n) is 7.01. The average molecular weight is 392 g/mol. The molecule has 0 radical (unpaired) electrons. The average Bonchev–Trinajstić information content (AvgIpc) is 3.07. The van der Waals surface area contributed by atoms with E-state index in [2.05, 4.69) is 0 Å². The molecular formula is C23H15F3N2O. The summed E-state index contributed by atoms with van der Waals surface area (Å²) in [7, 11) is 1.72. The molecule has 0 atom stereocenters. The summed E-state index contributed by atoms with van der Waals surface area (Å²) in [5, 5.41) is 1.68. The number of benzene rings is 3. The fourth-order valence-corrected chi connectivity index (χ4v) is 4.03. The maximum absolute atomic E-state index is 13.2. The van der Waals surface area contributed by atoms with Crippen molar-refractivity contribution in [2.45, 2.75) is 6.18 Å². The number of nitrogens with zero attached hydrogens (tertiary/aromatic N) is 2. The Labute approximate surface area is 163 Å². The minimum absolute atomic E-state index is 0.201. The van der Waals surface area contributed by atoms with Crippen LogP contribution in [0.15, 0.2) is 77.6 Å². The van der Waals surface area contributed by atoms with Gasteiger partial charge < -0.3 is 0 Å². The first-order valence-electron chi connectivity index (χ1n) is 9.06. The number of fused-ring (bicyclic) bond motifs is 5. The second-order valence-corrected chi connectivity index (χ2v) is 7.01. The van der Waals surface area contributed by atoms with Crippen molar-refractivity contribution in [3.63, 3.8) is 0 Å². The van der Waals surface area contributed by atoms with Crippen LogP contribution in [0, 0.1) is 0 Å². The minimum Gasteiger partial charge on any atom is -0.296 e. The molecule has 0 saturated heterocycles. The molecule has 29 heavy (non-hydrogen) atoms. The molecule has 6 heteroatoms. The number of halogens is 3. The Balaban J connectivity index is 1.98. The largest absolute Gasteiger partial charge is 0.416 e. The van der Waals surface area contributed by atoms with Crippen LogP contribution in [0.3, 0.4) is 0 Å². The Hall–Kier alpha value is -3.54. The van der Waals surface area contributed by atoms with E-state index in [9.17, 15) is 18.0 Å². The Morgan fingerprint density at radius 3 is 2.00 bits per heavy atom. The summed E-state index contributed by atoms with van der Waals surface area (Å²) < 4.78 is 42.3. The van der Waals surface area contributed by atoms with E-state index in [0.29, 0.717) is 11.1 Å². The molecule has 2 heterocycles. The van der Waals surface area contributed by atoms with Crippen molar-refractivity contribution in [2.24, 2.45) is 7.05 Å². The van der Waals surface area contributed by atoms with E-state index in [0.717, 1.165) is 39.5 Å². The molecule has 0 bridgehead atoms. The van der Waals surface area contributed by atoms with Gasteiger partial charge in [0.15, 0.2) is 0 Å². The number of aromatic nitrogens is 2. The molecule has 0 unspecified atom stereocenters. The van der Waals surface area contributed by atoms with Crippen LogP contribution in [0.5, 0.6) is 0 Å². The number of alkyl halides is 3. The van der Waals surface area contributed by atoms with Crippen LogP contribution in [0.2, 0.25) is 0 Å². The molecule has 0 aliphatic rings. The van der Waals surface area contributed by atoms with Gasteiger partial charge in [-0.1, -0.05) is 48.5 Å². The van der Waals surface area contributed by atoms with Crippen LogP contribution in [0.4, 0.5) is 13.2 Å². The van der Waals surface area contributed by atoms with Crippen LogP contribution >= 0.6 is 0 Å². The van der Waals surface area contributed by atoms with Crippen molar-refractivity contribution in [2.75, 3.05) is 0 Å². The monoisotopic (exact) mass is 392 g/mol. The van der Waals surface area contributed by atoms with Crippen molar-refractivity contribution in [1.82, 2.24) is 8.97 Å². The molecule has 0 aliphatic carbocycles. The van der Waals surface area contributed by atoms with E-state index < -0.39 is 11.7 Å². The first kappa shape index (κ1) is 17.6. The van der Waals surface area contributed by atoms with Gasteiger partial charge in [0, 0.05) is 23.4 Å². The lowest BCUT2D eigenvalue weighted by Gasteiger charge is -2.10. The van der Waals surface area contributed by atoms with Gasteiger partial charge >= 0.3 is 11.9 Å². The molecule has 3 aromatic carbocycles. The molecule has 144 valence electrons. The third-order valence-electron chi connectivity index (χ3n) is 5.37. The fourth-order valence-electron chi connectivity index (χ4n) is 4.03. The molecule has 0 amide bonds. The van der Waals surface area contributed by atoms with Gasteiger partial charge in [-0.3, -0.25) is 8.97 Å². The van der Waals surface area contributed by atoms with E-state index in [1.807, 2.05) is 48.5 Å². The number of hydrogen-bond acceptors (Lipinski definition) is 1. The van der Waals surface area contributed by atoms with E-state index in [-0.39, 0.29) is 5.69 Å². The number of hydrogen-bond donors (Lipinski definition) is 0. The Morgan fingerprint density at radius 1 is 0.759 bits per heavy atom. The summed E-state index contributed by atoms with van der Waals surface area (Å²) in [6.07, 6.45) is -4.40. The minimum atomic E-state index is -4.40. The molecule has 5 aromatic rings. The topological polar surface area (TPSA) is 26.4 Å². The Kier molecular flexibility index (Phi) is 3.62. The molecular weight excluding hydrogens is 377 g/mol. The quantitative estimate of drug-likeness (QED) is 0.363. The summed E-state index contributed by atoms with van der Waals surface area (Å²) in [5.74, 6) is 0. The van der Waals surface area contributed by atoms with Crippen LogP contribution in [0.25, 0.3) is 38.4 Å². The zero-order chi connectivity index (χ0) is 20.3. The van der Waals surface area contributed by atoms with E-state index in [1.54, 1.807) is 16.0 Å². The molecule has 0 N–H and O–H groups in total. The molecule has 0 spiro atoms. The lowest BCUT2D eigenvalue weighted by Crippen LogP contribution is -2.24. The maximum Gasteiger partial charge on any atom is 0.416 e. The number of rotatable bonds is 1. The summed E-state index contributed by atoms with van der Waals surface area (Å²) in [6, 6.07) is 20.1.